The summed E-state index contributed by atoms with van der Waals surface area (Å²) in [6.07, 6.45) is 5.48. The molecule has 3 N–H and O–H groups in total. The molecule has 200 valence electrons. The quantitative estimate of drug-likeness (QED) is 0.272. The highest BCUT2D eigenvalue weighted by atomic mass is 32.2. The lowest BCUT2D eigenvalue weighted by molar-refractivity contribution is -0.0385. The van der Waals surface area contributed by atoms with Crippen molar-refractivity contribution < 1.29 is 18.7 Å². The third-order valence-corrected chi connectivity index (χ3v) is 8.88. The predicted molar refractivity (Wildman–Crippen MR) is 146 cm³/mol. The van der Waals surface area contributed by atoms with Gasteiger partial charge in [0.1, 0.15) is 5.69 Å². The maximum atomic E-state index is 13.7. The number of carbonyl (C=O) groups is 1. The number of benzene rings is 1. The minimum Gasteiger partial charge on any atom is -0.395 e. The van der Waals surface area contributed by atoms with E-state index in [1.54, 1.807) is 6.07 Å². The Morgan fingerprint density at radius 1 is 1.11 bits per heavy atom. The summed E-state index contributed by atoms with van der Waals surface area (Å²) in [7, 11) is 0. The van der Waals surface area contributed by atoms with Gasteiger partial charge in [-0.15, -0.1) is 0 Å². The van der Waals surface area contributed by atoms with Crippen LogP contribution in [-0.4, -0.2) is 47.4 Å². The van der Waals surface area contributed by atoms with Crippen molar-refractivity contribution in [2.45, 2.75) is 70.1 Å². The summed E-state index contributed by atoms with van der Waals surface area (Å²) >= 11 is 1.44. The van der Waals surface area contributed by atoms with E-state index in [0.29, 0.717) is 29.7 Å². The molecule has 0 radical (unpaired) electrons. The van der Waals surface area contributed by atoms with Crippen molar-refractivity contribution in [3.05, 3.63) is 47.3 Å². The van der Waals surface area contributed by atoms with E-state index in [1.807, 2.05) is 25.1 Å². The molecule has 6 nitrogen and oxygen atoms in total. The van der Waals surface area contributed by atoms with E-state index in [2.05, 4.69) is 26.0 Å². The molecule has 2 saturated carbocycles. The molecule has 1 amide bonds. The second-order valence-corrected chi connectivity index (χ2v) is 11.8. The number of aromatic nitrogens is 1. The Hall–Kier alpha value is -2.39. The molecule has 1 aromatic heterocycles. The van der Waals surface area contributed by atoms with E-state index < -0.39 is 5.92 Å². The van der Waals surface area contributed by atoms with Crippen LogP contribution in [0.2, 0.25) is 0 Å². The second kappa shape index (κ2) is 10.8. The van der Waals surface area contributed by atoms with Crippen molar-refractivity contribution in [2.75, 3.05) is 40.4 Å². The van der Waals surface area contributed by atoms with E-state index in [4.69, 9.17) is 5.11 Å². The highest BCUT2D eigenvalue weighted by Crippen LogP contribution is 2.54. The number of aliphatic hydroxyl groups excluding tert-OH is 1. The second-order valence-electron chi connectivity index (χ2n) is 10.9. The van der Waals surface area contributed by atoms with E-state index in [9.17, 15) is 13.6 Å². The fourth-order valence-electron chi connectivity index (χ4n) is 5.58. The van der Waals surface area contributed by atoms with Gasteiger partial charge in [0.25, 0.3) is 5.91 Å². The molecule has 0 bridgehead atoms. The number of carbonyl (C=O) groups excluding carboxylic acids is 1. The Morgan fingerprint density at radius 3 is 2.51 bits per heavy atom. The number of hydrogen-bond acceptors (Lipinski definition) is 6. The molecule has 9 heteroatoms. The number of aliphatic hydroxyl groups is 1. The lowest BCUT2D eigenvalue weighted by Gasteiger charge is -2.35. The average molecular weight is 531 g/mol. The van der Waals surface area contributed by atoms with Gasteiger partial charge in [0, 0.05) is 49.0 Å². The van der Waals surface area contributed by atoms with E-state index in [1.165, 1.54) is 37.6 Å². The van der Waals surface area contributed by atoms with Crippen LogP contribution in [0.15, 0.2) is 30.3 Å². The topological polar surface area (TPSA) is 77.5 Å². The van der Waals surface area contributed by atoms with Crippen LogP contribution in [0.5, 0.6) is 0 Å². The first-order valence-corrected chi connectivity index (χ1v) is 14.3. The minimum absolute atomic E-state index is 0.0495. The molecule has 3 fully saturated rings. The van der Waals surface area contributed by atoms with Crippen molar-refractivity contribution in [3.63, 3.8) is 0 Å². The van der Waals surface area contributed by atoms with Crippen LogP contribution in [0, 0.1) is 12.3 Å². The molecule has 2 aromatic rings. The van der Waals surface area contributed by atoms with Gasteiger partial charge in [-0.3, -0.25) is 4.79 Å². The Labute approximate surface area is 221 Å². The lowest BCUT2D eigenvalue weighted by Crippen LogP contribution is -2.35. The summed E-state index contributed by atoms with van der Waals surface area (Å²) in [6, 6.07) is 9.57. The van der Waals surface area contributed by atoms with Crippen LogP contribution in [0.3, 0.4) is 0 Å². The Balaban J connectivity index is 1.35. The number of amides is 1. The SMILES string of the molecule is Cc1cc(C(=O)Nc2ccc(NSCCO)cc2N2CCC3(CC2)CC3)nc(C2CCC(F)(F)CC2)c1. The average Bonchev–Trinajstić information content (AvgIpc) is 3.63. The summed E-state index contributed by atoms with van der Waals surface area (Å²) in [4.78, 5) is 20.4. The smallest absolute Gasteiger partial charge is 0.274 e. The van der Waals surface area contributed by atoms with Crippen molar-refractivity contribution in [2.24, 2.45) is 5.41 Å². The largest absolute Gasteiger partial charge is 0.395 e. The molecule has 0 unspecified atom stereocenters. The first-order chi connectivity index (χ1) is 17.8. The first-order valence-electron chi connectivity index (χ1n) is 13.3. The van der Waals surface area contributed by atoms with Gasteiger partial charge in [0.15, 0.2) is 0 Å². The van der Waals surface area contributed by atoms with Gasteiger partial charge >= 0.3 is 0 Å². The van der Waals surface area contributed by atoms with Crippen molar-refractivity contribution in [1.29, 1.82) is 0 Å². The number of alkyl halides is 2. The first kappa shape index (κ1) is 26.2. The van der Waals surface area contributed by atoms with E-state index in [-0.39, 0.29) is 31.3 Å². The summed E-state index contributed by atoms with van der Waals surface area (Å²) in [6.45, 7) is 3.92. The summed E-state index contributed by atoms with van der Waals surface area (Å²) in [5.74, 6) is -2.35. The van der Waals surface area contributed by atoms with Gasteiger partial charge in [-0.05, 0) is 86.8 Å². The maximum absolute atomic E-state index is 13.7. The Bertz CT molecular complexity index is 1120. The zero-order valence-corrected chi connectivity index (χ0v) is 22.2. The highest BCUT2D eigenvalue weighted by Gasteiger charge is 2.44. The normalized spacial score (nSPS) is 20.6. The van der Waals surface area contributed by atoms with Crippen molar-refractivity contribution >= 4 is 34.9 Å². The van der Waals surface area contributed by atoms with Crippen molar-refractivity contribution in [3.8, 4) is 0 Å². The molecule has 3 aliphatic rings. The molecule has 0 atom stereocenters. The van der Waals surface area contributed by atoms with Gasteiger partial charge in [0.2, 0.25) is 5.92 Å². The zero-order valence-electron chi connectivity index (χ0n) is 21.4. The zero-order chi connectivity index (χ0) is 26.0. The van der Waals surface area contributed by atoms with Crippen LogP contribution >= 0.6 is 11.9 Å². The molecule has 1 aromatic carbocycles. The van der Waals surface area contributed by atoms with Gasteiger partial charge < -0.3 is 20.0 Å². The van der Waals surface area contributed by atoms with Crippen LogP contribution in [-0.2, 0) is 0 Å². The number of aryl methyl sites for hydroxylation is 1. The standard InChI is InChI=1S/C28H36F2N4O2S/c1-19-16-23(20-4-6-28(29,30)7-5-20)31-24(17-19)26(36)32-22-3-2-21(33-37-15-14-35)18-25(22)34-12-10-27(8-9-27)11-13-34/h2-3,16-18,20,33,35H,4-15H2,1H3,(H,32,36). The summed E-state index contributed by atoms with van der Waals surface area (Å²) < 4.78 is 30.6. The number of rotatable bonds is 8. The molecule has 1 aliphatic heterocycles. The molecule has 1 spiro atoms. The molecule has 5 rings (SSSR count). The third-order valence-electron chi connectivity index (χ3n) is 8.11. The number of piperidine rings is 1. The van der Waals surface area contributed by atoms with Crippen LogP contribution in [0.4, 0.5) is 25.8 Å². The van der Waals surface area contributed by atoms with Crippen LogP contribution < -0.4 is 14.9 Å². The predicted octanol–water partition coefficient (Wildman–Crippen LogP) is 6.37. The fraction of sp³-hybridized carbons (Fsp3) is 0.571. The van der Waals surface area contributed by atoms with Gasteiger partial charge in [-0.25, -0.2) is 13.8 Å². The third kappa shape index (κ3) is 6.37. The molecular weight excluding hydrogens is 494 g/mol. The van der Waals surface area contributed by atoms with Gasteiger partial charge in [-0.1, -0.05) is 11.9 Å². The number of halogens is 2. The monoisotopic (exact) mass is 530 g/mol. The minimum atomic E-state index is -2.60. The van der Waals surface area contributed by atoms with Crippen LogP contribution in [0.25, 0.3) is 0 Å². The van der Waals surface area contributed by atoms with Gasteiger partial charge in [0.05, 0.1) is 18.0 Å². The summed E-state index contributed by atoms with van der Waals surface area (Å²) in [5.41, 5.74) is 5.11. The van der Waals surface area contributed by atoms with E-state index in [0.717, 1.165) is 41.4 Å². The summed E-state index contributed by atoms with van der Waals surface area (Å²) in [5, 5.41) is 12.2. The molecular formula is C28H36F2N4O2S. The number of nitrogens with one attached hydrogen (secondary N) is 2. The Morgan fingerprint density at radius 2 is 1.84 bits per heavy atom. The van der Waals surface area contributed by atoms with Gasteiger partial charge in [-0.2, -0.15) is 0 Å². The molecule has 2 aliphatic carbocycles. The van der Waals surface area contributed by atoms with Crippen molar-refractivity contribution in [1.82, 2.24) is 4.98 Å². The maximum Gasteiger partial charge on any atom is 0.274 e. The number of anilines is 3. The lowest BCUT2D eigenvalue weighted by atomic mass is 9.84. The van der Waals surface area contributed by atoms with E-state index >= 15 is 0 Å². The Kier molecular flexibility index (Phi) is 7.63. The fourth-order valence-corrected chi connectivity index (χ4v) is 6.07. The molecule has 1 saturated heterocycles. The highest BCUT2D eigenvalue weighted by molar-refractivity contribution is 8.00. The number of pyridine rings is 1. The van der Waals surface area contributed by atoms with Crippen LogP contribution in [0.1, 0.15) is 79.0 Å². The number of hydrogen-bond donors (Lipinski definition) is 3. The number of nitrogens with zero attached hydrogens (tertiary/aromatic N) is 2. The molecule has 2 heterocycles. The molecule has 37 heavy (non-hydrogen) atoms.